The monoisotopic (exact) mass is 444 g/mol. The molecule has 168 valence electrons. The van der Waals surface area contributed by atoms with Gasteiger partial charge in [-0.15, -0.1) is 0 Å². The van der Waals surface area contributed by atoms with E-state index in [-0.39, 0.29) is 11.0 Å². The summed E-state index contributed by atoms with van der Waals surface area (Å²) in [5.74, 6) is 1.12. The van der Waals surface area contributed by atoms with Gasteiger partial charge in [-0.2, -0.15) is 0 Å². The number of nitrogens with one attached hydrogen (secondary N) is 2. The molecule has 0 spiro atoms. The lowest BCUT2D eigenvalue weighted by molar-refractivity contribution is -0.0265. The molecule has 4 N–H and O–H groups in total. The first-order chi connectivity index (χ1) is 14.9. The van der Waals surface area contributed by atoms with Crippen molar-refractivity contribution in [2.75, 3.05) is 26.7 Å². The first kappa shape index (κ1) is 23.2. The Balaban J connectivity index is 1.49. The normalized spacial score (nSPS) is 19.8. The average Bonchev–Trinajstić information content (AvgIpc) is 2.76. The Kier molecular flexibility index (Phi) is 8.06. The standard InChI is InChI=1S/C23H32N4O3S/c1-17-5-9-19(10-6-17)22-20(4-3-15-30-22)16-27-23(25-2)26-14-13-18-7-11-21(12-8-18)31(24,28)29/h5-12,20,22H,3-4,13-16H2,1-2H3,(H2,24,28,29)(H2,25,26,27). The Hall–Kier alpha value is -2.42. The van der Waals surface area contributed by atoms with Gasteiger partial charge in [0.25, 0.3) is 0 Å². The molecular weight excluding hydrogens is 412 g/mol. The highest BCUT2D eigenvalue weighted by Gasteiger charge is 2.27. The fourth-order valence-electron chi connectivity index (χ4n) is 3.80. The van der Waals surface area contributed by atoms with Crippen LogP contribution in [0.5, 0.6) is 0 Å². The number of aliphatic imine (C=N–C) groups is 1. The molecule has 1 heterocycles. The highest BCUT2D eigenvalue weighted by Crippen LogP contribution is 2.33. The maximum Gasteiger partial charge on any atom is 0.238 e. The van der Waals surface area contributed by atoms with Gasteiger partial charge >= 0.3 is 0 Å². The molecule has 1 saturated heterocycles. The van der Waals surface area contributed by atoms with E-state index in [0.717, 1.165) is 43.9 Å². The van der Waals surface area contributed by atoms with Crippen molar-refractivity contribution in [3.8, 4) is 0 Å². The summed E-state index contributed by atoms with van der Waals surface area (Å²) < 4.78 is 28.8. The van der Waals surface area contributed by atoms with Crippen LogP contribution in [0.4, 0.5) is 0 Å². The van der Waals surface area contributed by atoms with E-state index >= 15 is 0 Å². The Labute approximate surface area is 185 Å². The zero-order chi connectivity index (χ0) is 22.3. The second-order valence-electron chi connectivity index (χ2n) is 7.92. The van der Waals surface area contributed by atoms with Crippen molar-refractivity contribution < 1.29 is 13.2 Å². The zero-order valence-electron chi connectivity index (χ0n) is 18.2. The first-order valence-electron chi connectivity index (χ1n) is 10.6. The van der Waals surface area contributed by atoms with Gasteiger partial charge in [0, 0.05) is 32.7 Å². The molecule has 1 fully saturated rings. The number of primary sulfonamides is 1. The molecule has 31 heavy (non-hydrogen) atoms. The van der Waals surface area contributed by atoms with Crippen molar-refractivity contribution in [3.63, 3.8) is 0 Å². The highest BCUT2D eigenvalue weighted by molar-refractivity contribution is 7.89. The summed E-state index contributed by atoms with van der Waals surface area (Å²) in [6.45, 7) is 4.35. The summed E-state index contributed by atoms with van der Waals surface area (Å²) in [5.41, 5.74) is 3.50. The van der Waals surface area contributed by atoms with E-state index in [9.17, 15) is 8.42 Å². The number of sulfonamides is 1. The number of benzene rings is 2. The molecule has 1 aliphatic rings. The molecule has 0 saturated carbocycles. The number of hydrogen-bond donors (Lipinski definition) is 3. The lowest BCUT2D eigenvalue weighted by atomic mass is 9.89. The molecule has 1 aliphatic heterocycles. The van der Waals surface area contributed by atoms with Crippen molar-refractivity contribution in [3.05, 3.63) is 65.2 Å². The Bertz CT molecular complexity index is 973. The molecule has 0 aromatic heterocycles. The van der Waals surface area contributed by atoms with Crippen molar-refractivity contribution >= 4 is 16.0 Å². The van der Waals surface area contributed by atoms with Crippen molar-refractivity contribution in [2.24, 2.45) is 16.0 Å². The first-order valence-corrected chi connectivity index (χ1v) is 12.2. The van der Waals surface area contributed by atoms with E-state index in [2.05, 4.69) is 46.8 Å². The minimum atomic E-state index is -3.66. The Morgan fingerprint density at radius 3 is 2.48 bits per heavy atom. The molecule has 0 amide bonds. The Morgan fingerprint density at radius 2 is 1.84 bits per heavy atom. The Morgan fingerprint density at radius 1 is 1.13 bits per heavy atom. The number of nitrogens with zero attached hydrogens (tertiary/aromatic N) is 1. The van der Waals surface area contributed by atoms with Gasteiger partial charge in [0.2, 0.25) is 10.0 Å². The SMILES string of the molecule is CN=C(NCCc1ccc(S(N)(=O)=O)cc1)NCC1CCCOC1c1ccc(C)cc1. The molecular formula is C23H32N4O3S. The highest BCUT2D eigenvalue weighted by atomic mass is 32.2. The molecule has 2 unspecified atom stereocenters. The average molecular weight is 445 g/mol. The summed E-state index contributed by atoms with van der Waals surface area (Å²) in [4.78, 5) is 4.44. The third-order valence-corrected chi connectivity index (χ3v) is 6.49. The second kappa shape index (κ2) is 10.7. The van der Waals surface area contributed by atoms with Crippen LogP contribution in [0.2, 0.25) is 0 Å². The van der Waals surface area contributed by atoms with Crippen molar-refractivity contribution in [1.29, 1.82) is 0 Å². The van der Waals surface area contributed by atoms with Crippen LogP contribution in [0, 0.1) is 12.8 Å². The van der Waals surface area contributed by atoms with Crippen LogP contribution in [0.15, 0.2) is 58.4 Å². The summed E-state index contributed by atoms with van der Waals surface area (Å²) >= 11 is 0. The van der Waals surface area contributed by atoms with Gasteiger partial charge in [-0.05, 0) is 49.4 Å². The largest absolute Gasteiger partial charge is 0.373 e. The maximum atomic E-state index is 11.3. The second-order valence-corrected chi connectivity index (χ2v) is 9.48. The van der Waals surface area contributed by atoms with Crippen LogP contribution in [-0.2, 0) is 21.2 Å². The summed E-state index contributed by atoms with van der Waals surface area (Å²) in [6.07, 6.45) is 3.01. The van der Waals surface area contributed by atoms with Gasteiger partial charge in [-0.1, -0.05) is 42.0 Å². The quantitative estimate of drug-likeness (QED) is 0.449. The van der Waals surface area contributed by atoms with Crippen molar-refractivity contribution in [2.45, 2.75) is 37.2 Å². The van der Waals surface area contributed by atoms with Gasteiger partial charge in [0.15, 0.2) is 5.96 Å². The van der Waals surface area contributed by atoms with E-state index in [4.69, 9.17) is 9.88 Å². The summed E-state index contributed by atoms with van der Waals surface area (Å²) in [6, 6.07) is 15.2. The number of guanidine groups is 1. The van der Waals surface area contributed by atoms with Gasteiger partial charge in [-0.25, -0.2) is 13.6 Å². The molecule has 2 atom stereocenters. The zero-order valence-corrected chi connectivity index (χ0v) is 19.0. The third kappa shape index (κ3) is 6.78. The van der Waals surface area contributed by atoms with E-state index in [1.165, 1.54) is 23.3 Å². The molecule has 3 rings (SSSR count). The van der Waals surface area contributed by atoms with Gasteiger partial charge in [0.05, 0.1) is 11.0 Å². The topological polar surface area (TPSA) is 106 Å². The maximum absolute atomic E-state index is 11.3. The van der Waals surface area contributed by atoms with Gasteiger partial charge in [0.1, 0.15) is 0 Å². The fraction of sp³-hybridized carbons (Fsp3) is 0.435. The van der Waals surface area contributed by atoms with Crippen LogP contribution in [-0.4, -0.2) is 41.1 Å². The molecule has 0 radical (unpaired) electrons. The van der Waals surface area contributed by atoms with Gasteiger partial charge < -0.3 is 15.4 Å². The molecule has 8 heteroatoms. The fourth-order valence-corrected chi connectivity index (χ4v) is 4.31. The van der Waals surface area contributed by atoms with Crippen LogP contribution in [0.25, 0.3) is 0 Å². The molecule has 7 nitrogen and oxygen atoms in total. The number of rotatable bonds is 7. The van der Waals surface area contributed by atoms with E-state index in [1.807, 2.05) is 0 Å². The van der Waals surface area contributed by atoms with E-state index in [1.54, 1.807) is 19.2 Å². The van der Waals surface area contributed by atoms with Crippen molar-refractivity contribution in [1.82, 2.24) is 10.6 Å². The number of hydrogen-bond acceptors (Lipinski definition) is 4. The third-order valence-electron chi connectivity index (χ3n) is 5.56. The molecule has 0 bridgehead atoms. The van der Waals surface area contributed by atoms with Crippen LogP contribution in [0.3, 0.4) is 0 Å². The van der Waals surface area contributed by atoms with Gasteiger partial charge in [-0.3, -0.25) is 4.99 Å². The number of ether oxygens (including phenoxy) is 1. The molecule has 2 aromatic carbocycles. The summed E-state index contributed by atoms with van der Waals surface area (Å²) in [7, 11) is -1.90. The molecule has 2 aromatic rings. The van der Waals surface area contributed by atoms with E-state index < -0.39 is 10.0 Å². The number of aryl methyl sites for hydroxylation is 1. The van der Waals surface area contributed by atoms with Crippen LogP contribution < -0.4 is 15.8 Å². The predicted octanol–water partition coefficient (Wildman–Crippen LogP) is 2.52. The van der Waals surface area contributed by atoms with Crippen LogP contribution in [0.1, 0.15) is 35.6 Å². The summed E-state index contributed by atoms with van der Waals surface area (Å²) in [5, 5.41) is 11.9. The predicted molar refractivity (Wildman–Crippen MR) is 123 cm³/mol. The molecule has 0 aliphatic carbocycles. The minimum absolute atomic E-state index is 0.0947. The lowest BCUT2D eigenvalue weighted by Crippen LogP contribution is -2.42. The van der Waals surface area contributed by atoms with E-state index in [0.29, 0.717) is 12.5 Å². The lowest BCUT2D eigenvalue weighted by Gasteiger charge is -2.32. The van der Waals surface area contributed by atoms with Crippen LogP contribution >= 0.6 is 0 Å². The number of nitrogens with two attached hydrogens (primary N) is 1. The minimum Gasteiger partial charge on any atom is -0.373 e. The smallest absolute Gasteiger partial charge is 0.238 e.